The first-order valence-electron chi connectivity index (χ1n) is 10.6. The number of anilines is 1. The fraction of sp³-hybridized carbons (Fsp3) is 0.391. The zero-order valence-corrected chi connectivity index (χ0v) is 19.6. The highest BCUT2D eigenvalue weighted by Gasteiger charge is 2.69. The molecule has 2 aliphatic heterocycles. The number of carboxylic acid groups (broad SMARTS) is 2. The van der Waals surface area contributed by atoms with Crippen molar-refractivity contribution >= 4 is 52.4 Å². The van der Waals surface area contributed by atoms with Crippen molar-refractivity contribution in [3.05, 3.63) is 50.7 Å². The van der Waals surface area contributed by atoms with Crippen molar-refractivity contribution in [1.29, 1.82) is 0 Å². The van der Waals surface area contributed by atoms with E-state index in [0.717, 1.165) is 27.4 Å². The molecule has 0 spiro atoms. The van der Waals surface area contributed by atoms with E-state index in [9.17, 15) is 29.4 Å². The highest BCUT2D eigenvalue weighted by atomic mass is 35.5. The lowest BCUT2D eigenvalue weighted by Crippen LogP contribution is -2.57. The van der Waals surface area contributed by atoms with Gasteiger partial charge in [-0.3, -0.25) is 24.5 Å². The summed E-state index contributed by atoms with van der Waals surface area (Å²) in [6.45, 7) is 3.82. The molecule has 3 heterocycles. The maximum absolute atomic E-state index is 13.8. The Bertz CT molecular complexity index is 1140. The van der Waals surface area contributed by atoms with E-state index in [1.807, 2.05) is 32.0 Å². The summed E-state index contributed by atoms with van der Waals surface area (Å²) in [5.74, 6) is -6.53. The number of fused-ring (bicyclic) bond motifs is 1. The van der Waals surface area contributed by atoms with E-state index in [0.29, 0.717) is 27.7 Å². The molecule has 4 atom stereocenters. The summed E-state index contributed by atoms with van der Waals surface area (Å²) in [5, 5.41) is 22.6. The Hall–Kier alpha value is -2.75. The number of aryl methyl sites for hydroxylation is 2. The molecule has 174 valence electrons. The average molecular weight is 491 g/mol. The fourth-order valence-electron chi connectivity index (χ4n) is 5.14. The quantitative estimate of drug-likeness (QED) is 0.509. The summed E-state index contributed by atoms with van der Waals surface area (Å²) >= 11 is 7.25. The molecular formula is C23H23ClN2O6S. The van der Waals surface area contributed by atoms with Crippen LogP contribution in [0.15, 0.2) is 30.3 Å². The molecule has 2 aromatic rings. The van der Waals surface area contributed by atoms with Crippen LogP contribution in [0.3, 0.4) is 0 Å². The zero-order valence-electron chi connectivity index (χ0n) is 18.0. The third-order valence-electron chi connectivity index (χ3n) is 6.55. The Labute approximate surface area is 199 Å². The average Bonchev–Trinajstić information content (AvgIpc) is 3.41. The number of amides is 2. The smallest absolute Gasteiger partial charge is 0.325 e. The van der Waals surface area contributed by atoms with E-state index in [1.54, 1.807) is 12.1 Å². The van der Waals surface area contributed by atoms with Gasteiger partial charge in [-0.15, -0.1) is 11.3 Å². The summed E-state index contributed by atoms with van der Waals surface area (Å²) in [4.78, 5) is 53.5. The van der Waals surface area contributed by atoms with Crippen LogP contribution in [0.25, 0.3) is 0 Å². The number of nitrogens with zero attached hydrogens (tertiary/aromatic N) is 1. The normalized spacial score (nSPS) is 26.6. The van der Waals surface area contributed by atoms with Crippen molar-refractivity contribution in [3.8, 4) is 0 Å². The van der Waals surface area contributed by atoms with Gasteiger partial charge >= 0.3 is 11.9 Å². The molecule has 8 nitrogen and oxygen atoms in total. The van der Waals surface area contributed by atoms with Gasteiger partial charge in [0.15, 0.2) is 0 Å². The molecule has 0 saturated carbocycles. The third-order valence-corrected chi connectivity index (χ3v) is 7.87. The molecule has 2 saturated heterocycles. The van der Waals surface area contributed by atoms with Crippen molar-refractivity contribution in [2.75, 3.05) is 4.90 Å². The van der Waals surface area contributed by atoms with Crippen LogP contribution >= 0.6 is 22.9 Å². The first-order valence-corrected chi connectivity index (χ1v) is 11.8. The van der Waals surface area contributed by atoms with Gasteiger partial charge in [0.25, 0.3) is 0 Å². The number of hydrogen-bond donors (Lipinski definition) is 3. The van der Waals surface area contributed by atoms with Gasteiger partial charge in [-0.1, -0.05) is 43.6 Å². The van der Waals surface area contributed by atoms with Gasteiger partial charge in [-0.25, -0.2) is 4.90 Å². The monoisotopic (exact) mass is 490 g/mol. The van der Waals surface area contributed by atoms with Crippen LogP contribution in [-0.2, 0) is 32.0 Å². The van der Waals surface area contributed by atoms with Crippen molar-refractivity contribution < 1.29 is 29.4 Å². The zero-order chi connectivity index (χ0) is 24.1. The van der Waals surface area contributed by atoms with Crippen molar-refractivity contribution in [1.82, 2.24) is 5.32 Å². The second-order valence-corrected chi connectivity index (χ2v) is 10.0. The third kappa shape index (κ3) is 3.55. The molecule has 1 aromatic heterocycles. The molecule has 4 rings (SSSR count). The Balaban J connectivity index is 1.92. The number of imide groups is 1. The maximum Gasteiger partial charge on any atom is 0.325 e. The minimum absolute atomic E-state index is 0.438. The Kier molecular flexibility index (Phi) is 6.07. The number of thiophene rings is 1. The molecule has 33 heavy (non-hydrogen) atoms. The molecule has 2 aliphatic rings. The minimum Gasteiger partial charge on any atom is -0.481 e. The molecule has 2 fully saturated rings. The van der Waals surface area contributed by atoms with Crippen LogP contribution in [0.1, 0.15) is 42.3 Å². The number of nitrogens with one attached hydrogen (secondary N) is 1. The minimum atomic E-state index is -2.13. The van der Waals surface area contributed by atoms with Crippen molar-refractivity contribution in [2.45, 2.75) is 44.7 Å². The Morgan fingerprint density at radius 3 is 2.21 bits per heavy atom. The number of benzene rings is 1. The molecule has 1 aromatic carbocycles. The van der Waals surface area contributed by atoms with Gasteiger partial charge in [0, 0.05) is 4.88 Å². The topological polar surface area (TPSA) is 124 Å². The van der Waals surface area contributed by atoms with E-state index >= 15 is 0 Å². The van der Waals surface area contributed by atoms with E-state index < -0.39 is 53.6 Å². The standard InChI is InChI=1S/C23H23ClN2O6S/c1-3-11-6-5-7-12(4-2)19(11)26-20(29)16-17(21(26)30)23(22(31)32,10-15(27)28)25-18(16)13-8-9-14(24)33-13/h5-9,16-18,25H,3-4,10H2,1-2H3,(H,27,28)(H,31,32). The van der Waals surface area contributed by atoms with Gasteiger partial charge in [0.1, 0.15) is 5.54 Å². The van der Waals surface area contributed by atoms with Crippen LogP contribution in [0.5, 0.6) is 0 Å². The largest absolute Gasteiger partial charge is 0.481 e. The van der Waals surface area contributed by atoms with E-state index in [2.05, 4.69) is 5.32 Å². The van der Waals surface area contributed by atoms with E-state index in [1.165, 1.54) is 0 Å². The Morgan fingerprint density at radius 2 is 1.73 bits per heavy atom. The van der Waals surface area contributed by atoms with Crippen LogP contribution < -0.4 is 10.2 Å². The molecule has 2 amide bonds. The summed E-state index contributed by atoms with van der Waals surface area (Å²) in [6.07, 6.45) is 0.288. The molecule has 4 unspecified atom stereocenters. The summed E-state index contributed by atoms with van der Waals surface area (Å²) in [7, 11) is 0. The second-order valence-electron chi connectivity index (χ2n) is 8.26. The van der Waals surface area contributed by atoms with Gasteiger partial charge in [-0.05, 0) is 36.1 Å². The number of hydrogen-bond acceptors (Lipinski definition) is 6. The molecular weight excluding hydrogens is 468 g/mol. The molecule has 0 aliphatic carbocycles. The summed E-state index contributed by atoms with van der Waals surface area (Å²) < 4.78 is 0.438. The summed E-state index contributed by atoms with van der Waals surface area (Å²) in [5.41, 5.74) is -0.0747. The lowest BCUT2D eigenvalue weighted by molar-refractivity contribution is -0.154. The number of aliphatic carboxylic acids is 2. The van der Waals surface area contributed by atoms with Crippen LogP contribution in [0.2, 0.25) is 4.34 Å². The molecule has 10 heteroatoms. The molecule has 3 N–H and O–H groups in total. The van der Waals surface area contributed by atoms with Crippen molar-refractivity contribution in [2.24, 2.45) is 11.8 Å². The maximum atomic E-state index is 13.8. The van der Waals surface area contributed by atoms with Gasteiger partial charge in [0.05, 0.1) is 34.3 Å². The van der Waals surface area contributed by atoms with Gasteiger partial charge in [0.2, 0.25) is 11.8 Å². The van der Waals surface area contributed by atoms with Crippen molar-refractivity contribution in [3.63, 3.8) is 0 Å². The number of halogens is 1. The summed E-state index contributed by atoms with van der Waals surface area (Å²) in [6, 6.07) is 7.95. The number of carbonyl (C=O) groups excluding carboxylic acids is 2. The predicted molar refractivity (Wildman–Crippen MR) is 122 cm³/mol. The van der Waals surface area contributed by atoms with Crippen LogP contribution in [-0.4, -0.2) is 39.5 Å². The van der Waals surface area contributed by atoms with E-state index in [4.69, 9.17) is 11.6 Å². The van der Waals surface area contributed by atoms with Gasteiger partial charge in [-0.2, -0.15) is 0 Å². The van der Waals surface area contributed by atoms with Crippen LogP contribution in [0.4, 0.5) is 5.69 Å². The van der Waals surface area contributed by atoms with Gasteiger partial charge < -0.3 is 10.2 Å². The number of carboxylic acids is 2. The highest BCUT2D eigenvalue weighted by molar-refractivity contribution is 7.16. The second kappa shape index (κ2) is 8.55. The molecule has 0 bridgehead atoms. The number of rotatable bonds is 7. The number of para-hydroxylation sites is 1. The Morgan fingerprint density at radius 1 is 1.09 bits per heavy atom. The fourth-order valence-corrected chi connectivity index (χ4v) is 6.30. The SMILES string of the molecule is CCc1cccc(CC)c1N1C(=O)C2C(c3ccc(Cl)s3)NC(CC(=O)O)(C(=O)O)C2C1=O. The van der Waals surface area contributed by atoms with E-state index in [-0.39, 0.29) is 0 Å². The molecule has 0 radical (unpaired) electrons. The van der Waals surface area contributed by atoms with Crippen LogP contribution in [0, 0.1) is 11.8 Å². The highest BCUT2D eigenvalue weighted by Crippen LogP contribution is 2.52. The first-order chi connectivity index (χ1) is 15.7. The first kappa shape index (κ1) is 23.4. The predicted octanol–water partition coefficient (Wildman–Crippen LogP) is 3.27. The number of carbonyl (C=O) groups is 4. The lowest BCUT2D eigenvalue weighted by atomic mass is 9.78. The lowest BCUT2D eigenvalue weighted by Gasteiger charge is -2.30.